The minimum atomic E-state index is -4.81. The van der Waals surface area contributed by atoms with Crippen LogP contribution in [0.4, 0.5) is 22.0 Å². The number of hydrogen-bond acceptors (Lipinski definition) is 3. The monoisotopic (exact) mass is 386 g/mol. The SMILES string of the molecule is CCC(c1ccc(C(F)(F)F)c(F)c1)n1nc(CF)c2c(=O)[nH]c(C)nc21. The Bertz CT molecular complexity index is 1050. The molecule has 1 aromatic carbocycles. The van der Waals surface area contributed by atoms with E-state index < -0.39 is 35.8 Å². The first kappa shape index (κ1) is 19.0. The van der Waals surface area contributed by atoms with Crippen molar-refractivity contribution in [3.05, 3.63) is 57.0 Å². The van der Waals surface area contributed by atoms with Crippen LogP contribution >= 0.6 is 0 Å². The van der Waals surface area contributed by atoms with Gasteiger partial charge in [0.05, 0.1) is 11.6 Å². The van der Waals surface area contributed by atoms with E-state index >= 15 is 0 Å². The number of alkyl halides is 4. The highest BCUT2D eigenvalue weighted by atomic mass is 19.4. The van der Waals surface area contributed by atoms with Crippen LogP contribution in [0.15, 0.2) is 23.0 Å². The predicted molar refractivity (Wildman–Crippen MR) is 87.5 cm³/mol. The number of nitrogens with one attached hydrogen (secondary N) is 1. The highest BCUT2D eigenvalue weighted by Gasteiger charge is 2.34. The van der Waals surface area contributed by atoms with Gasteiger partial charge in [-0.05, 0) is 31.0 Å². The summed E-state index contributed by atoms with van der Waals surface area (Å²) >= 11 is 0. The molecule has 1 N–H and O–H groups in total. The molecule has 0 bridgehead atoms. The predicted octanol–water partition coefficient (Wildman–Crippen LogP) is 4.05. The third-order valence-electron chi connectivity index (χ3n) is 4.24. The van der Waals surface area contributed by atoms with Crippen LogP contribution < -0.4 is 5.56 Å². The molecule has 3 rings (SSSR count). The maximum absolute atomic E-state index is 14.0. The minimum Gasteiger partial charge on any atom is -0.310 e. The van der Waals surface area contributed by atoms with Crippen molar-refractivity contribution < 1.29 is 22.0 Å². The molecule has 0 radical (unpaired) electrons. The lowest BCUT2D eigenvalue weighted by molar-refractivity contribution is -0.140. The zero-order valence-electron chi connectivity index (χ0n) is 14.4. The first-order valence-electron chi connectivity index (χ1n) is 8.08. The lowest BCUT2D eigenvalue weighted by atomic mass is 10.0. The van der Waals surface area contributed by atoms with Crippen LogP contribution in [0.25, 0.3) is 11.0 Å². The van der Waals surface area contributed by atoms with Crippen molar-refractivity contribution in [2.45, 2.75) is 39.2 Å². The fourth-order valence-electron chi connectivity index (χ4n) is 3.05. The summed E-state index contributed by atoms with van der Waals surface area (Å²) in [7, 11) is 0. The summed E-state index contributed by atoms with van der Waals surface area (Å²) < 4.78 is 66.9. The Kier molecular flexibility index (Phi) is 4.75. The molecule has 144 valence electrons. The maximum Gasteiger partial charge on any atom is 0.419 e. The molecule has 2 aromatic heterocycles. The van der Waals surface area contributed by atoms with Gasteiger partial charge in [0.2, 0.25) is 0 Å². The third kappa shape index (κ3) is 3.31. The number of nitrogens with zero attached hydrogens (tertiary/aromatic N) is 3. The van der Waals surface area contributed by atoms with E-state index in [-0.39, 0.29) is 28.1 Å². The van der Waals surface area contributed by atoms with Gasteiger partial charge >= 0.3 is 6.18 Å². The summed E-state index contributed by atoms with van der Waals surface area (Å²) in [5.41, 5.74) is -1.77. The molecule has 0 saturated carbocycles. The molecule has 0 amide bonds. The quantitative estimate of drug-likeness (QED) is 0.688. The molecule has 0 fully saturated rings. The molecule has 3 aromatic rings. The minimum absolute atomic E-state index is 0.0334. The van der Waals surface area contributed by atoms with E-state index in [1.54, 1.807) is 6.92 Å². The largest absolute Gasteiger partial charge is 0.419 e. The number of halogens is 5. The Morgan fingerprint density at radius 3 is 2.56 bits per heavy atom. The van der Waals surface area contributed by atoms with Gasteiger partial charge in [-0.2, -0.15) is 18.3 Å². The van der Waals surface area contributed by atoms with Gasteiger partial charge in [0.25, 0.3) is 5.56 Å². The average Bonchev–Trinajstić information content (AvgIpc) is 2.93. The van der Waals surface area contributed by atoms with Gasteiger partial charge in [0.1, 0.15) is 29.4 Å². The van der Waals surface area contributed by atoms with E-state index in [9.17, 15) is 26.7 Å². The van der Waals surface area contributed by atoms with E-state index in [1.165, 1.54) is 11.6 Å². The Hall–Kier alpha value is -2.78. The van der Waals surface area contributed by atoms with Gasteiger partial charge in [-0.3, -0.25) is 4.79 Å². The number of H-pyrrole nitrogens is 1. The molecule has 1 atom stereocenters. The summed E-state index contributed by atoms with van der Waals surface area (Å²) in [5.74, 6) is -1.14. The summed E-state index contributed by atoms with van der Waals surface area (Å²) in [6.45, 7) is 2.23. The van der Waals surface area contributed by atoms with Gasteiger partial charge in [-0.1, -0.05) is 13.0 Å². The van der Waals surface area contributed by atoms with Crippen LogP contribution in [0.2, 0.25) is 0 Å². The summed E-state index contributed by atoms with van der Waals surface area (Å²) in [4.78, 5) is 18.8. The number of fused-ring (bicyclic) bond motifs is 1. The van der Waals surface area contributed by atoms with Gasteiger partial charge in [-0.25, -0.2) is 18.4 Å². The van der Waals surface area contributed by atoms with Crippen LogP contribution in [-0.2, 0) is 12.9 Å². The zero-order valence-corrected chi connectivity index (χ0v) is 14.4. The number of aromatic amines is 1. The number of rotatable bonds is 4. The second-order valence-electron chi connectivity index (χ2n) is 6.04. The fraction of sp³-hybridized carbons (Fsp3) is 0.353. The van der Waals surface area contributed by atoms with Crippen LogP contribution in [0.1, 0.15) is 42.0 Å². The van der Waals surface area contributed by atoms with Crippen LogP contribution in [0.3, 0.4) is 0 Å². The van der Waals surface area contributed by atoms with Crippen LogP contribution in [0, 0.1) is 12.7 Å². The van der Waals surface area contributed by atoms with Crippen LogP contribution in [0.5, 0.6) is 0 Å². The smallest absolute Gasteiger partial charge is 0.310 e. The maximum atomic E-state index is 14.0. The van der Waals surface area contributed by atoms with Gasteiger partial charge in [0.15, 0.2) is 5.65 Å². The van der Waals surface area contributed by atoms with Gasteiger partial charge in [0, 0.05) is 0 Å². The Labute approximate surface area is 149 Å². The first-order valence-corrected chi connectivity index (χ1v) is 8.08. The molecular formula is C17H15F5N4O. The van der Waals surface area contributed by atoms with Crippen molar-refractivity contribution in [1.82, 2.24) is 19.7 Å². The van der Waals surface area contributed by atoms with E-state index in [0.29, 0.717) is 12.5 Å². The second kappa shape index (κ2) is 6.75. The normalized spacial score (nSPS) is 13.3. The van der Waals surface area contributed by atoms with Crippen molar-refractivity contribution in [3.8, 4) is 0 Å². The molecule has 27 heavy (non-hydrogen) atoms. The molecule has 1 unspecified atom stereocenters. The number of hydrogen-bond donors (Lipinski definition) is 1. The number of benzene rings is 1. The average molecular weight is 386 g/mol. The molecule has 5 nitrogen and oxygen atoms in total. The molecule has 0 spiro atoms. The lowest BCUT2D eigenvalue weighted by Crippen LogP contribution is -2.16. The number of aryl methyl sites for hydroxylation is 1. The van der Waals surface area contributed by atoms with Crippen molar-refractivity contribution >= 4 is 11.0 Å². The molecular weight excluding hydrogens is 371 g/mol. The van der Waals surface area contributed by atoms with Gasteiger partial charge in [-0.15, -0.1) is 0 Å². The third-order valence-corrected chi connectivity index (χ3v) is 4.24. The van der Waals surface area contributed by atoms with E-state index in [2.05, 4.69) is 15.1 Å². The molecule has 0 aliphatic carbocycles. The summed E-state index contributed by atoms with van der Waals surface area (Å²) in [6, 6.07) is 1.85. The fourth-order valence-corrected chi connectivity index (χ4v) is 3.05. The van der Waals surface area contributed by atoms with Crippen molar-refractivity contribution in [2.24, 2.45) is 0 Å². The van der Waals surface area contributed by atoms with Gasteiger partial charge < -0.3 is 4.98 Å². The molecule has 2 heterocycles. The number of aromatic nitrogens is 4. The zero-order chi connectivity index (χ0) is 19.9. The molecule has 10 heteroatoms. The Morgan fingerprint density at radius 2 is 2.00 bits per heavy atom. The summed E-state index contributed by atoms with van der Waals surface area (Å²) in [5, 5.41) is 4.04. The summed E-state index contributed by atoms with van der Waals surface area (Å²) in [6.07, 6.45) is -4.50. The highest BCUT2D eigenvalue weighted by Crippen LogP contribution is 2.34. The van der Waals surface area contributed by atoms with Crippen molar-refractivity contribution in [3.63, 3.8) is 0 Å². The Morgan fingerprint density at radius 1 is 1.30 bits per heavy atom. The molecule has 0 aliphatic heterocycles. The first-order chi connectivity index (χ1) is 12.7. The van der Waals surface area contributed by atoms with Crippen molar-refractivity contribution in [2.75, 3.05) is 0 Å². The highest BCUT2D eigenvalue weighted by molar-refractivity contribution is 5.77. The molecule has 0 aliphatic rings. The van der Waals surface area contributed by atoms with Crippen LogP contribution in [-0.4, -0.2) is 19.7 Å². The van der Waals surface area contributed by atoms with E-state index in [1.807, 2.05) is 0 Å². The van der Waals surface area contributed by atoms with E-state index in [4.69, 9.17) is 0 Å². The standard InChI is InChI=1S/C17H15F5N4O/c1-3-13(9-4-5-10(11(19)6-9)17(20,21)22)26-15-14(12(7-18)25-26)16(27)24-8(2)23-15/h4-6,13H,3,7H2,1-2H3,(H,23,24,27). The lowest BCUT2D eigenvalue weighted by Gasteiger charge is -2.18. The van der Waals surface area contributed by atoms with Crippen molar-refractivity contribution in [1.29, 1.82) is 0 Å². The Balaban J connectivity index is 2.20. The molecule has 0 saturated heterocycles. The topological polar surface area (TPSA) is 63.6 Å². The van der Waals surface area contributed by atoms with E-state index in [0.717, 1.165) is 12.1 Å². The second-order valence-corrected chi connectivity index (χ2v) is 6.04.